The number of amides is 1. The zero-order valence-corrected chi connectivity index (χ0v) is 18.1. The Morgan fingerprint density at radius 1 is 0.897 bits per heavy atom. The van der Waals surface area contributed by atoms with Crippen molar-refractivity contribution in [2.24, 2.45) is 0 Å². The van der Waals surface area contributed by atoms with E-state index in [1.54, 1.807) is 23.9 Å². The van der Waals surface area contributed by atoms with E-state index < -0.39 is 0 Å². The van der Waals surface area contributed by atoms with Gasteiger partial charge in [-0.3, -0.25) is 4.79 Å². The minimum atomic E-state index is -0.135. The van der Waals surface area contributed by atoms with Crippen LogP contribution in [0, 0.1) is 0 Å². The Morgan fingerprint density at radius 3 is 2.45 bits per heavy atom. The minimum absolute atomic E-state index is 0.135. The van der Waals surface area contributed by atoms with Crippen molar-refractivity contribution >= 4 is 40.9 Å². The summed E-state index contributed by atoms with van der Waals surface area (Å²) in [6.45, 7) is 0.989. The molecule has 0 aliphatic carbocycles. The Hall–Kier alpha value is -2.14. The van der Waals surface area contributed by atoms with Gasteiger partial charge in [0.15, 0.2) is 0 Å². The van der Waals surface area contributed by atoms with Crippen molar-refractivity contribution in [3.63, 3.8) is 0 Å². The maximum Gasteiger partial charge on any atom is 0.255 e. The lowest BCUT2D eigenvalue weighted by atomic mass is 10.2. The number of carbonyl (C=O) groups is 1. The summed E-state index contributed by atoms with van der Waals surface area (Å²) in [5, 5.41) is 4.07. The summed E-state index contributed by atoms with van der Waals surface area (Å²) < 4.78 is 5.86. The van der Waals surface area contributed by atoms with Crippen molar-refractivity contribution in [2.75, 3.05) is 12.3 Å². The van der Waals surface area contributed by atoms with Crippen molar-refractivity contribution in [1.82, 2.24) is 5.32 Å². The first-order chi connectivity index (χ1) is 14.1. The van der Waals surface area contributed by atoms with Crippen LogP contribution < -0.4 is 10.1 Å². The molecule has 0 fully saturated rings. The van der Waals surface area contributed by atoms with E-state index in [0.29, 0.717) is 34.5 Å². The molecule has 0 aliphatic rings. The highest BCUT2D eigenvalue weighted by Crippen LogP contribution is 2.24. The third-order valence-electron chi connectivity index (χ3n) is 4.15. The molecular formula is C23H21Cl2NO2S. The fraction of sp³-hybridized carbons (Fsp3) is 0.174. The summed E-state index contributed by atoms with van der Waals surface area (Å²) in [7, 11) is 0. The Balaban J connectivity index is 1.46. The lowest BCUT2D eigenvalue weighted by Gasteiger charge is -2.12. The fourth-order valence-corrected chi connectivity index (χ4v) is 3.79. The molecule has 0 unspecified atom stereocenters. The van der Waals surface area contributed by atoms with Crippen LogP contribution in [0.25, 0.3) is 0 Å². The summed E-state index contributed by atoms with van der Waals surface area (Å²) in [5.74, 6) is 2.05. The number of rotatable bonds is 9. The Bertz CT molecular complexity index is 951. The first-order valence-corrected chi connectivity index (χ1v) is 11.1. The van der Waals surface area contributed by atoms with E-state index in [9.17, 15) is 4.79 Å². The number of ether oxygens (including phenoxy) is 1. The van der Waals surface area contributed by atoms with Crippen LogP contribution in [0.3, 0.4) is 0 Å². The third-order valence-corrected chi connectivity index (χ3v) is 5.92. The first kappa shape index (κ1) is 21.6. The molecule has 150 valence electrons. The molecule has 0 atom stereocenters. The second kappa shape index (κ2) is 11.1. The Kier molecular flexibility index (Phi) is 8.29. The van der Waals surface area contributed by atoms with Gasteiger partial charge in [0.05, 0.1) is 15.6 Å². The van der Waals surface area contributed by atoms with Crippen LogP contribution in [0.2, 0.25) is 10.0 Å². The highest BCUT2D eigenvalue weighted by Gasteiger charge is 2.11. The van der Waals surface area contributed by atoms with Crippen molar-refractivity contribution < 1.29 is 9.53 Å². The van der Waals surface area contributed by atoms with Gasteiger partial charge in [-0.2, -0.15) is 11.8 Å². The highest BCUT2D eigenvalue weighted by atomic mass is 35.5. The number of hydrogen-bond donors (Lipinski definition) is 1. The van der Waals surface area contributed by atoms with Crippen molar-refractivity contribution in [3.05, 3.63) is 99.5 Å². The highest BCUT2D eigenvalue weighted by molar-refractivity contribution is 7.98. The molecule has 1 N–H and O–H groups in total. The van der Waals surface area contributed by atoms with Crippen LogP contribution in [-0.2, 0) is 12.4 Å². The van der Waals surface area contributed by atoms with Gasteiger partial charge >= 0.3 is 0 Å². The van der Waals surface area contributed by atoms with Gasteiger partial charge in [-0.25, -0.2) is 0 Å². The minimum Gasteiger partial charge on any atom is -0.488 e. The maximum absolute atomic E-state index is 12.6. The molecule has 3 rings (SSSR count). The largest absolute Gasteiger partial charge is 0.488 e. The molecule has 1 amide bonds. The maximum atomic E-state index is 12.6. The predicted molar refractivity (Wildman–Crippen MR) is 122 cm³/mol. The Labute approximate surface area is 185 Å². The van der Waals surface area contributed by atoms with Gasteiger partial charge in [-0.1, -0.05) is 71.7 Å². The third kappa shape index (κ3) is 6.70. The van der Waals surface area contributed by atoms with Crippen molar-refractivity contribution in [2.45, 2.75) is 12.4 Å². The van der Waals surface area contributed by atoms with Crippen LogP contribution in [-0.4, -0.2) is 18.2 Å². The predicted octanol–water partition coefficient (Wildman–Crippen LogP) is 6.24. The second-order valence-electron chi connectivity index (χ2n) is 6.33. The molecule has 6 heteroatoms. The topological polar surface area (TPSA) is 38.3 Å². The molecular weight excluding hydrogens is 425 g/mol. The summed E-state index contributed by atoms with van der Waals surface area (Å²) in [4.78, 5) is 12.6. The zero-order chi connectivity index (χ0) is 20.5. The average molecular weight is 446 g/mol. The van der Waals surface area contributed by atoms with E-state index in [-0.39, 0.29) is 5.91 Å². The summed E-state index contributed by atoms with van der Waals surface area (Å²) >= 11 is 13.7. The number of nitrogens with one attached hydrogen (secondary N) is 1. The lowest BCUT2D eigenvalue weighted by molar-refractivity contribution is 0.0951. The van der Waals surface area contributed by atoms with Crippen LogP contribution in [0.4, 0.5) is 0 Å². The van der Waals surface area contributed by atoms with Gasteiger partial charge in [0, 0.05) is 18.1 Å². The number of para-hydroxylation sites is 1. The van der Waals surface area contributed by atoms with E-state index in [1.165, 1.54) is 0 Å². The molecule has 0 radical (unpaired) electrons. The quantitative estimate of drug-likeness (QED) is 0.396. The van der Waals surface area contributed by atoms with Gasteiger partial charge in [-0.05, 0) is 35.4 Å². The summed E-state index contributed by atoms with van der Waals surface area (Å²) in [6.07, 6.45) is 0. The van der Waals surface area contributed by atoms with E-state index in [1.807, 2.05) is 60.7 Å². The number of halogens is 2. The molecule has 0 saturated carbocycles. The van der Waals surface area contributed by atoms with Gasteiger partial charge in [0.1, 0.15) is 12.4 Å². The monoisotopic (exact) mass is 445 g/mol. The first-order valence-electron chi connectivity index (χ1n) is 9.19. The van der Waals surface area contributed by atoms with E-state index in [2.05, 4.69) is 5.32 Å². The molecule has 3 aromatic carbocycles. The summed E-state index contributed by atoms with van der Waals surface area (Å²) in [5.41, 5.74) is 2.70. The van der Waals surface area contributed by atoms with Gasteiger partial charge in [0.25, 0.3) is 5.91 Å². The molecule has 0 heterocycles. The normalized spacial score (nSPS) is 10.6. The molecule has 0 aliphatic heterocycles. The standard InChI is InChI=1S/C23H21Cl2NO2S/c24-20-11-10-18(14-21(20)25)16-29-13-12-26-23(27)19-8-4-5-9-22(19)28-15-17-6-2-1-3-7-17/h1-11,14H,12-13,15-16H2,(H,26,27). The smallest absolute Gasteiger partial charge is 0.255 e. The van der Waals surface area contributed by atoms with Crippen LogP contribution in [0.1, 0.15) is 21.5 Å². The number of hydrogen-bond acceptors (Lipinski definition) is 3. The zero-order valence-electron chi connectivity index (χ0n) is 15.7. The Morgan fingerprint density at radius 2 is 1.66 bits per heavy atom. The van der Waals surface area contributed by atoms with Crippen molar-refractivity contribution in [3.8, 4) is 5.75 Å². The number of benzene rings is 3. The number of carbonyl (C=O) groups excluding carboxylic acids is 1. The van der Waals surface area contributed by atoms with E-state index in [0.717, 1.165) is 22.6 Å². The van der Waals surface area contributed by atoms with Crippen LogP contribution in [0.15, 0.2) is 72.8 Å². The molecule has 0 aromatic heterocycles. The van der Waals surface area contributed by atoms with Gasteiger partial charge in [0.2, 0.25) is 0 Å². The van der Waals surface area contributed by atoms with E-state index in [4.69, 9.17) is 27.9 Å². The molecule has 3 nitrogen and oxygen atoms in total. The summed E-state index contributed by atoms with van der Waals surface area (Å²) in [6, 6.07) is 22.8. The van der Waals surface area contributed by atoms with E-state index >= 15 is 0 Å². The van der Waals surface area contributed by atoms with Gasteiger partial charge in [-0.15, -0.1) is 0 Å². The molecule has 0 spiro atoms. The SMILES string of the molecule is O=C(NCCSCc1ccc(Cl)c(Cl)c1)c1ccccc1OCc1ccccc1. The van der Waals surface area contributed by atoms with Crippen LogP contribution in [0.5, 0.6) is 5.75 Å². The fourth-order valence-electron chi connectivity index (χ4n) is 2.67. The van der Waals surface area contributed by atoms with Crippen LogP contribution >= 0.6 is 35.0 Å². The van der Waals surface area contributed by atoms with Gasteiger partial charge < -0.3 is 10.1 Å². The average Bonchev–Trinajstić information content (AvgIpc) is 2.75. The second-order valence-corrected chi connectivity index (χ2v) is 8.25. The molecule has 0 saturated heterocycles. The molecule has 3 aromatic rings. The number of thioether (sulfide) groups is 1. The molecule has 29 heavy (non-hydrogen) atoms. The lowest BCUT2D eigenvalue weighted by Crippen LogP contribution is -2.26. The van der Waals surface area contributed by atoms with Crippen molar-refractivity contribution in [1.29, 1.82) is 0 Å². The molecule has 0 bridgehead atoms.